The molecule has 4 heteroatoms. The van der Waals surface area contributed by atoms with Crippen LogP contribution >= 0.6 is 0 Å². The number of hydrogen-bond acceptors (Lipinski definition) is 3. The van der Waals surface area contributed by atoms with E-state index in [1.54, 1.807) is 16.9 Å². The van der Waals surface area contributed by atoms with E-state index in [4.69, 9.17) is 10.5 Å². The Kier molecular flexibility index (Phi) is 4.10. The standard InChI is InChI=1S/C18H19N3O/c1-14(21-18(19)11-12-20-21)16-7-9-17(10-8-16)22-13-15-5-3-2-4-6-15/h2-12,14H,13,19H2,1H3. The third kappa shape index (κ3) is 3.11. The van der Waals surface area contributed by atoms with Crippen molar-refractivity contribution in [2.24, 2.45) is 0 Å². The van der Waals surface area contributed by atoms with Crippen LogP contribution in [-0.2, 0) is 6.61 Å². The van der Waals surface area contributed by atoms with Gasteiger partial charge in [0.1, 0.15) is 18.2 Å². The highest BCUT2D eigenvalue weighted by Gasteiger charge is 2.10. The predicted octanol–water partition coefficient (Wildman–Crippen LogP) is 3.65. The fourth-order valence-corrected chi connectivity index (χ4v) is 2.37. The first-order chi connectivity index (χ1) is 10.7. The van der Waals surface area contributed by atoms with Gasteiger partial charge in [0.2, 0.25) is 0 Å². The van der Waals surface area contributed by atoms with Crippen molar-refractivity contribution in [1.29, 1.82) is 0 Å². The lowest BCUT2D eigenvalue weighted by molar-refractivity contribution is 0.306. The van der Waals surface area contributed by atoms with E-state index in [1.807, 2.05) is 42.5 Å². The van der Waals surface area contributed by atoms with Gasteiger partial charge in [0.25, 0.3) is 0 Å². The van der Waals surface area contributed by atoms with Gasteiger partial charge >= 0.3 is 0 Å². The molecule has 3 aromatic rings. The lowest BCUT2D eigenvalue weighted by atomic mass is 10.1. The molecule has 0 saturated heterocycles. The summed E-state index contributed by atoms with van der Waals surface area (Å²) in [4.78, 5) is 0. The fourth-order valence-electron chi connectivity index (χ4n) is 2.37. The van der Waals surface area contributed by atoms with Crippen LogP contribution in [0.1, 0.15) is 24.1 Å². The molecule has 4 nitrogen and oxygen atoms in total. The Bertz CT molecular complexity index is 720. The van der Waals surface area contributed by atoms with E-state index in [-0.39, 0.29) is 6.04 Å². The van der Waals surface area contributed by atoms with Crippen molar-refractivity contribution in [3.05, 3.63) is 78.0 Å². The molecule has 1 unspecified atom stereocenters. The molecule has 0 aliphatic carbocycles. The minimum Gasteiger partial charge on any atom is -0.489 e. The normalized spacial score (nSPS) is 12.0. The number of rotatable bonds is 5. The first-order valence-electron chi connectivity index (χ1n) is 7.30. The maximum absolute atomic E-state index is 5.90. The van der Waals surface area contributed by atoms with Crippen LogP contribution in [-0.4, -0.2) is 9.78 Å². The number of nitrogen functional groups attached to an aromatic ring is 1. The highest BCUT2D eigenvalue weighted by molar-refractivity contribution is 5.33. The first-order valence-corrected chi connectivity index (χ1v) is 7.30. The summed E-state index contributed by atoms with van der Waals surface area (Å²) in [5, 5.41) is 4.25. The molecule has 3 rings (SSSR count). The van der Waals surface area contributed by atoms with Crippen molar-refractivity contribution in [3.8, 4) is 5.75 Å². The molecule has 0 fully saturated rings. The van der Waals surface area contributed by atoms with Crippen LogP contribution in [0.25, 0.3) is 0 Å². The maximum Gasteiger partial charge on any atom is 0.122 e. The molecule has 0 aliphatic heterocycles. The monoisotopic (exact) mass is 293 g/mol. The third-order valence-corrected chi connectivity index (χ3v) is 3.68. The van der Waals surface area contributed by atoms with Crippen molar-refractivity contribution < 1.29 is 4.74 Å². The van der Waals surface area contributed by atoms with Gasteiger partial charge in [-0.05, 0) is 36.2 Å². The molecule has 2 aromatic carbocycles. The molecule has 0 aliphatic rings. The van der Waals surface area contributed by atoms with E-state index in [1.165, 1.54) is 0 Å². The number of aromatic nitrogens is 2. The summed E-state index contributed by atoms with van der Waals surface area (Å²) in [5.74, 6) is 1.52. The molecular formula is C18H19N3O. The number of hydrogen-bond donors (Lipinski definition) is 1. The number of nitrogens with zero attached hydrogens (tertiary/aromatic N) is 2. The number of anilines is 1. The van der Waals surface area contributed by atoms with Gasteiger partial charge in [0.15, 0.2) is 0 Å². The van der Waals surface area contributed by atoms with Crippen LogP contribution in [0.2, 0.25) is 0 Å². The van der Waals surface area contributed by atoms with Gasteiger partial charge in [0.05, 0.1) is 12.2 Å². The van der Waals surface area contributed by atoms with Crippen molar-refractivity contribution in [1.82, 2.24) is 9.78 Å². The van der Waals surface area contributed by atoms with Gasteiger partial charge in [-0.25, -0.2) is 4.68 Å². The van der Waals surface area contributed by atoms with E-state index in [0.717, 1.165) is 16.9 Å². The molecular weight excluding hydrogens is 274 g/mol. The Morgan fingerprint density at radius 3 is 2.41 bits per heavy atom. The van der Waals surface area contributed by atoms with E-state index in [0.29, 0.717) is 12.4 Å². The smallest absolute Gasteiger partial charge is 0.122 e. The summed E-state index contributed by atoms with van der Waals surface area (Å²) in [6.07, 6.45) is 1.71. The van der Waals surface area contributed by atoms with Crippen LogP contribution in [0.4, 0.5) is 5.82 Å². The number of ether oxygens (including phenoxy) is 1. The molecule has 0 amide bonds. The number of nitrogens with two attached hydrogens (primary N) is 1. The molecule has 1 heterocycles. The van der Waals surface area contributed by atoms with E-state index in [9.17, 15) is 0 Å². The summed E-state index contributed by atoms with van der Waals surface area (Å²) in [7, 11) is 0. The average molecular weight is 293 g/mol. The molecule has 0 radical (unpaired) electrons. The van der Waals surface area contributed by atoms with E-state index >= 15 is 0 Å². The minimum atomic E-state index is 0.0955. The number of benzene rings is 2. The van der Waals surface area contributed by atoms with Gasteiger partial charge in [-0.2, -0.15) is 5.10 Å². The Morgan fingerprint density at radius 2 is 1.77 bits per heavy atom. The van der Waals surface area contributed by atoms with E-state index < -0.39 is 0 Å². The summed E-state index contributed by atoms with van der Waals surface area (Å²) in [6.45, 7) is 2.64. The van der Waals surface area contributed by atoms with Gasteiger partial charge in [-0.15, -0.1) is 0 Å². The maximum atomic E-state index is 5.90. The Morgan fingerprint density at radius 1 is 1.05 bits per heavy atom. The van der Waals surface area contributed by atoms with E-state index in [2.05, 4.69) is 24.2 Å². The highest BCUT2D eigenvalue weighted by atomic mass is 16.5. The Labute approximate surface area is 130 Å². The zero-order valence-corrected chi connectivity index (χ0v) is 12.5. The topological polar surface area (TPSA) is 53.1 Å². The predicted molar refractivity (Wildman–Crippen MR) is 87.7 cm³/mol. The SMILES string of the molecule is CC(c1ccc(OCc2ccccc2)cc1)n1nccc1N. The highest BCUT2D eigenvalue weighted by Crippen LogP contribution is 2.22. The zero-order valence-electron chi connectivity index (χ0n) is 12.5. The molecule has 2 N–H and O–H groups in total. The van der Waals surface area contributed by atoms with Gasteiger partial charge in [-0.1, -0.05) is 42.5 Å². The van der Waals surface area contributed by atoms with Crippen molar-refractivity contribution >= 4 is 5.82 Å². The summed E-state index contributed by atoms with van der Waals surface area (Å²) < 4.78 is 7.60. The van der Waals surface area contributed by atoms with Gasteiger partial charge in [0, 0.05) is 0 Å². The molecule has 22 heavy (non-hydrogen) atoms. The molecule has 0 spiro atoms. The van der Waals surface area contributed by atoms with Crippen LogP contribution in [0.3, 0.4) is 0 Å². The van der Waals surface area contributed by atoms with Crippen LogP contribution in [0.5, 0.6) is 5.75 Å². The van der Waals surface area contributed by atoms with Crippen LogP contribution < -0.4 is 10.5 Å². The first kappa shape index (κ1) is 14.2. The van der Waals surface area contributed by atoms with Crippen LogP contribution in [0.15, 0.2) is 66.9 Å². The van der Waals surface area contributed by atoms with Gasteiger partial charge in [-0.3, -0.25) is 0 Å². The molecule has 1 aromatic heterocycles. The summed E-state index contributed by atoms with van der Waals surface area (Å²) in [5.41, 5.74) is 8.19. The molecule has 1 atom stereocenters. The summed E-state index contributed by atoms with van der Waals surface area (Å²) >= 11 is 0. The Balaban J connectivity index is 1.66. The quantitative estimate of drug-likeness (QED) is 0.781. The zero-order chi connectivity index (χ0) is 15.4. The average Bonchev–Trinajstić information content (AvgIpc) is 3.00. The molecule has 112 valence electrons. The van der Waals surface area contributed by atoms with Crippen molar-refractivity contribution in [3.63, 3.8) is 0 Å². The van der Waals surface area contributed by atoms with Crippen molar-refractivity contribution in [2.75, 3.05) is 5.73 Å². The second-order valence-electron chi connectivity index (χ2n) is 5.22. The third-order valence-electron chi connectivity index (χ3n) is 3.68. The lowest BCUT2D eigenvalue weighted by Crippen LogP contribution is -2.11. The Hall–Kier alpha value is -2.75. The van der Waals surface area contributed by atoms with Crippen LogP contribution in [0, 0.1) is 0 Å². The largest absolute Gasteiger partial charge is 0.489 e. The molecule has 0 saturated carbocycles. The fraction of sp³-hybridized carbons (Fsp3) is 0.167. The van der Waals surface area contributed by atoms with Gasteiger partial charge < -0.3 is 10.5 Å². The minimum absolute atomic E-state index is 0.0955. The second kappa shape index (κ2) is 6.35. The van der Waals surface area contributed by atoms with Crippen molar-refractivity contribution in [2.45, 2.75) is 19.6 Å². The second-order valence-corrected chi connectivity index (χ2v) is 5.22. The lowest BCUT2D eigenvalue weighted by Gasteiger charge is -2.15. The summed E-state index contributed by atoms with van der Waals surface area (Å²) in [6, 6.07) is 20.1. The molecule has 0 bridgehead atoms.